The van der Waals surface area contributed by atoms with Gasteiger partial charge in [-0.15, -0.1) is 0 Å². The number of ether oxygens (including phenoxy) is 1. The molecular weight excluding hydrogens is 230 g/mol. The van der Waals surface area contributed by atoms with Crippen LogP contribution < -0.4 is 0 Å². The normalized spacial score (nSPS) is 14.9. The van der Waals surface area contributed by atoms with E-state index < -0.39 is 0 Å². The zero-order valence-electron chi connectivity index (χ0n) is 11.4. The first kappa shape index (κ1) is 14.7. The molecule has 102 valence electrons. The number of rotatable bonds is 6. The molecule has 4 heteroatoms. The Morgan fingerprint density at radius 2 is 2.17 bits per heavy atom. The lowest BCUT2D eigenvalue weighted by Gasteiger charge is -2.19. The molecule has 0 aromatic carbocycles. The predicted octanol–water partition coefficient (Wildman–Crippen LogP) is 2.29. The molecule has 0 unspecified atom stereocenters. The first-order valence-electron chi connectivity index (χ1n) is 6.62. The number of nitrogens with zero attached hydrogens (tertiary/aromatic N) is 1. The van der Waals surface area contributed by atoms with Crippen LogP contribution in [0.2, 0.25) is 0 Å². The van der Waals surface area contributed by atoms with Crippen molar-refractivity contribution < 1.29 is 14.3 Å². The van der Waals surface area contributed by atoms with E-state index in [4.69, 9.17) is 0 Å². The van der Waals surface area contributed by atoms with Crippen LogP contribution in [-0.2, 0) is 14.3 Å². The molecule has 0 N–H and O–H groups in total. The predicted molar refractivity (Wildman–Crippen MR) is 70.1 cm³/mol. The van der Waals surface area contributed by atoms with Crippen LogP contribution >= 0.6 is 0 Å². The molecule has 0 aliphatic heterocycles. The van der Waals surface area contributed by atoms with Crippen LogP contribution in [0.4, 0.5) is 0 Å². The van der Waals surface area contributed by atoms with Crippen molar-refractivity contribution in [3.8, 4) is 0 Å². The van der Waals surface area contributed by atoms with Crippen molar-refractivity contribution in [1.29, 1.82) is 0 Å². The largest absolute Gasteiger partial charge is 0.469 e. The van der Waals surface area contributed by atoms with Crippen molar-refractivity contribution >= 4 is 11.9 Å². The summed E-state index contributed by atoms with van der Waals surface area (Å²) in [7, 11) is 3.18. The molecule has 1 aliphatic rings. The minimum Gasteiger partial charge on any atom is -0.469 e. The molecule has 0 bridgehead atoms. The highest BCUT2D eigenvalue weighted by Crippen LogP contribution is 2.20. The van der Waals surface area contributed by atoms with Crippen LogP contribution in [0.5, 0.6) is 0 Å². The van der Waals surface area contributed by atoms with Crippen molar-refractivity contribution in [3.05, 3.63) is 11.6 Å². The maximum atomic E-state index is 11.9. The molecule has 18 heavy (non-hydrogen) atoms. The summed E-state index contributed by atoms with van der Waals surface area (Å²) in [6, 6.07) is 0. The molecule has 4 nitrogen and oxygen atoms in total. The molecule has 0 saturated heterocycles. The molecule has 0 aromatic rings. The maximum absolute atomic E-state index is 11.9. The number of hydrogen-bond donors (Lipinski definition) is 0. The van der Waals surface area contributed by atoms with Gasteiger partial charge < -0.3 is 9.64 Å². The Morgan fingerprint density at radius 1 is 1.39 bits per heavy atom. The van der Waals surface area contributed by atoms with Crippen molar-refractivity contribution in [2.75, 3.05) is 20.7 Å². The van der Waals surface area contributed by atoms with Gasteiger partial charge in [0.2, 0.25) is 5.91 Å². The fourth-order valence-electron chi connectivity index (χ4n) is 2.08. The number of methoxy groups -OCH3 is 1. The lowest BCUT2D eigenvalue weighted by molar-refractivity contribution is -0.141. The number of esters is 1. The SMILES string of the molecule is COC(=O)CCCN(C)C(=O)CC1=CCCCC1. The van der Waals surface area contributed by atoms with Gasteiger partial charge in [-0.3, -0.25) is 9.59 Å². The van der Waals surface area contributed by atoms with E-state index in [-0.39, 0.29) is 11.9 Å². The Bertz CT molecular complexity index is 323. The number of allylic oxidation sites excluding steroid dienone is 1. The smallest absolute Gasteiger partial charge is 0.305 e. The summed E-state index contributed by atoms with van der Waals surface area (Å²) in [5.41, 5.74) is 1.27. The summed E-state index contributed by atoms with van der Waals surface area (Å²) in [6.07, 6.45) is 8.37. The lowest BCUT2D eigenvalue weighted by atomic mass is 9.97. The Hall–Kier alpha value is -1.32. The zero-order chi connectivity index (χ0) is 13.4. The third-order valence-corrected chi connectivity index (χ3v) is 3.29. The van der Waals surface area contributed by atoms with E-state index in [1.54, 1.807) is 11.9 Å². The number of hydrogen-bond acceptors (Lipinski definition) is 3. The summed E-state index contributed by atoms with van der Waals surface area (Å²) in [5.74, 6) is -0.0705. The van der Waals surface area contributed by atoms with E-state index in [0.29, 0.717) is 25.8 Å². The molecule has 0 atom stereocenters. The maximum Gasteiger partial charge on any atom is 0.305 e. The zero-order valence-corrected chi connectivity index (χ0v) is 11.4. The number of carbonyl (C=O) groups is 2. The van der Waals surface area contributed by atoms with Crippen molar-refractivity contribution in [2.45, 2.75) is 44.9 Å². The van der Waals surface area contributed by atoms with Crippen LogP contribution in [0, 0.1) is 0 Å². The van der Waals surface area contributed by atoms with Crippen LogP contribution in [0.25, 0.3) is 0 Å². The Labute approximate surface area is 109 Å². The fourth-order valence-corrected chi connectivity index (χ4v) is 2.08. The average Bonchev–Trinajstić information content (AvgIpc) is 2.39. The highest BCUT2D eigenvalue weighted by molar-refractivity contribution is 5.78. The van der Waals surface area contributed by atoms with Gasteiger partial charge in [0.1, 0.15) is 0 Å². The fraction of sp³-hybridized carbons (Fsp3) is 0.714. The third kappa shape index (κ3) is 5.34. The minimum atomic E-state index is -0.217. The monoisotopic (exact) mass is 253 g/mol. The summed E-state index contributed by atoms with van der Waals surface area (Å²) in [5, 5.41) is 0. The van der Waals surface area contributed by atoms with Gasteiger partial charge in [-0.2, -0.15) is 0 Å². The summed E-state index contributed by atoms with van der Waals surface area (Å²) in [6.45, 7) is 0.612. The number of amides is 1. The van der Waals surface area contributed by atoms with E-state index in [9.17, 15) is 9.59 Å². The van der Waals surface area contributed by atoms with Crippen LogP contribution in [-0.4, -0.2) is 37.5 Å². The van der Waals surface area contributed by atoms with Crippen LogP contribution in [0.1, 0.15) is 44.9 Å². The number of carbonyl (C=O) groups excluding carboxylic acids is 2. The average molecular weight is 253 g/mol. The molecule has 0 fully saturated rings. The second kappa shape index (κ2) is 7.90. The second-order valence-corrected chi connectivity index (χ2v) is 4.78. The summed E-state index contributed by atoms with van der Waals surface area (Å²) < 4.78 is 4.56. The molecule has 0 radical (unpaired) electrons. The van der Waals surface area contributed by atoms with E-state index in [1.807, 2.05) is 0 Å². The summed E-state index contributed by atoms with van der Waals surface area (Å²) in [4.78, 5) is 24.6. The van der Waals surface area contributed by atoms with Crippen molar-refractivity contribution in [3.63, 3.8) is 0 Å². The molecule has 1 rings (SSSR count). The third-order valence-electron chi connectivity index (χ3n) is 3.29. The standard InChI is InChI=1S/C14H23NO3/c1-15(10-6-9-14(17)18-2)13(16)11-12-7-4-3-5-8-12/h7H,3-6,8-11H2,1-2H3. The van der Waals surface area contributed by atoms with E-state index in [2.05, 4.69) is 10.8 Å². The van der Waals surface area contributed by atoms with Gasteiger partial charge in [-0.1, -0.05) is 11.6 Å². The highest BCUT2D eigenvalue weighted by Gasteiger charge is 2.13. The van der Waals surface area contributed by atoms with Gasteiger partial charge in [0.25, 0.3) is 0 Å². The first-order valence-corrected chi connectivity index (χ1v) is 6.62. The first-order chi connectivity index (χ1) is 8.63. The summed E-state index contributed by atoms with van der Waals surface area (Å²) >= 11 is 0. The van der Waals surface area contributed by atoms with Crippen LogP contribution in [0.3, 0.4) is 0 Å². The lowest BCUT2D eigenvalue weighted by Crippen LogP contribution is -2.28. The molecule has 1 aliphatic carbocycles. The molecule has 0 saturated carbocycles. The Balaban J connectivity index is 2.24. The molecule has 0 heterocycles. The molecule has 0 aromatic heterocycles. The van der Waals surface area contributed by atoms with Gasteiger partial charge in [0, 0.05) is 26.4 Å². The van der Waals surface area contributed by atoms with Crippen molar-refractivity contribution in [2.24, 2.45) is 0 Å². The quantitative estimate of drug-likeness (QED) is 0.539. The van der Waals surface area contributed by atoms with Crippen LogP contribution in [0.15, 0.2) is 11.6 Å². The van der Waals surface area contributed by atoms with Gasteiger partial charge in [0.05, 0.1) is 7.11 Å². The minimum absolute atomic E-state index is 0.146. The molecular formula is C14H23NO3. The van der Waals surface area contributed by atoms with Gasteiger partial charge in [0.15, 0.2) is 0 Å². The van der Waals surface area contributed by atoms with E-state index in [1.165, 1.54) is 25.5 Å². The Morgan fingerprint density at radius 3 is 2.78 bits per heavy atom. The highest BCUT2D eigenvalue weighted by atomic mass is 16.5. The van der Waals surface area contributed by atoms with Crippen molar-refractivity contribution in [1.82, 2.24) is 4.90 Å². The van der Waals surface area contributed by atoms with Gasteiger partial charge >= 0.3 is 5.97 Å². The Kier molecular flexibility index (Phi) is 6.47. The molecule has 1 amide bonds. The van der Waals surface area contributed by atoms with E-state index in [0.717, 1.165) is 12.8 Å². The molecule has 0 spiro atoms. The van der Waals surface area contributed by atoms with E-state index >= 15 is 0 Å². The second-order valence-electron chi connectivity index (χ2n) is 4.78. The topological polar surface area (TPSA) is 46.6 Å². The van der Waals surface area contributed by atoms with Gasteiger partial charge in [-0.25, -0.2) is 0 Å². The van der Waals surface area contributed by atoms with Gasteiger partial charge in [-0.05, 0) is 32.1 Å².